The van der Waals surface area contributed by atoms with Crippen LogP contribution in [0.25, 0.3) is 0 Å². The monoisotopic (exact) mass is 571 g/mol. The standard InChI is InChI=1S/C25H25Cl2F2N3O4S/c1-25(2,3)36-24(33)32-9-8-16(13-32)37(34,35)21-12-30-23(31-21)22(14-4-6-19(28)17(26)10-14)15-5-7-20(29)18(27)11-15/h4-7,10-12,16,22H,8-9,13H2,1-3H3,(H,30,31). The molecule has 1 aliphatic heterocycles. The highest BCUT2D eigenvalue weighted by atomic mass is 35.5. The lowest BCUT2D eigenvalue weighted by Gasteiger charge is -2.24. The SMILES string of the molecule is CC(C)(C)OC(=O)N1CCC(S(=O)(=O)c2c[nH]c(C(c3ccc(F)c(Cl)c3)c3ccc(F)c(Cl)c3)n2)C1. The van der Waals surface area contributed by atoms with E-state index in [1.165, 1.54) is 47.5 Å². The van der Waals surface area contributed by atoms with Crippen molar-refractivity contribution in [2.45, 2.75) is 49.0 Å². The number of hydrogen-bond donors (Lipinski definition) is 1. The molecule has 0 aliphatic carbocycles. The number of carbonyl (C=O) groups is 1. The number of hydrogen-bond acceptors (Lipinski definition) is 5. The lowest BCUT2D eigenvalue weighted by atomic mass is 9.90. The average molecular weight is 572 g/mol. The first-order valence-corrected chi connectivity index (χ1v) is 13.7. The molecule has 1 unspecified atom stereocenters. The first-order chi connectivity index (χ1) is 17.3. The molecule has 1 fully saturated rings. The van der Waals surface area contributed by atoms with Crippen LogP contribution in [0, 0.1) is 11.6 Å². The molecule has 2 heterocycles. The summed E-state index contributed by atoms with van der Waals surface area (Å²) in [5.41, 5.74) is 0.279. The molecule has 7 nitrogen and oxygen atoms in total. The zero-order chi connectivity index (χ0) is 27.1. The lowest BCUT2D eigenvalue weighted by Crippen LogP contribution is -2.36. The molecule has 1 aromatic heterocycles. The predicted octanol–water partition coefficient (Wildman–Crippen LogP) is 5.96. The van der Waals surface area contributed by atoms with Crippen molar-refractivity contribution in [3.63, 3.8) is 0 Å². The van der Waals surface area contributed by atoms with Crippen LogP contribution in [0.5, 0.6) is 0 Å². The first kappa shape index (κ1) is 27.3. The van der Waals surface area contributed by atoms with E-state index in [-0.39, 0.29) is 40.4 Å². The topological polar surface area (TPSA) is 92.4 Å². The molecule has 198 valence electrons. The molecule has 12 heteroatoms. The largest absolute Gasteiger partial charge is 0.444 e. The quantitative estimate of drug-likeness (QED) is 0.408. The number of halogens is 4. The number of imidazole rings is 1. The second-order valence-electron chi connectivity index (χ2n) is 9.79. The molecule has 3 aromatic rings. The maximum absolute atomic E-state index is 13.9. The minimum absolute atomic E-state index is 0.0238. The first-order valence-electron chi connectivity index (χ1n) is 11.4. The maximum Gasteiger partial charge on any atom is 0.410 e. The molecular weight excluding hydrogens is 547 g/mol. The highest BCUT2D eigenvalue weighted by molar-refractivity contribution is 7.92. The van der Waals surface area contributed by atoms with E-state index in [1.54, 1.807) is 20.8 Å². The Kier molecular flexibility index (Phi) is 7.56. The number of carbonyl (C=O) groups excluding carboxylic acids is 1. The maximum atomic E-state index is 13.9. The zero-order valence-corrected chi connectivity index (χ0v) is 22.6. The van der Waals surface area contributed by atoms with Gasteiger partial charge in [0.05, 0.1) is 21.2 Å². The molecule has 1 N–H and O–H groups in total. The second-order valence-corrected chi connectivity index (χ2v) is 12.8. The molecule has 1 amide bonds. The lowest BCUT2D eigenvalue weighted by molar-refractivity contribution is 0.0295. The van der Waals surface area contributed by atoms with Crippen LogP contribution in [0.15, 0.2) is 47.6 Å². The summed E-state index contributed by atoms with van der Waals surface area (Å²) in [6.45, 7) is 5.42. The molecule has 37 heavy (non-hydrogen) atoms. The van der Waals surface area contributed by atoms with Gasteiger partial charge in [-0.05, 0) is 62.6 Å². The molecular formula is C25H25Cl2F2N3O4S. The number of nitrogens with zero attached hydrogens (tertiary/aromatic N) is 2. The number of aromatic nitrogens is 2. The van der Waals surface area contributed by atoms with Gasteiger partial charge in [-0.15, -0.1) is 0 Å². The molecule has 2 aromatic carbocycles. The highest BCUT2D eigenvalue weighted by Crippen LogP contribution is 2.35. The predicted molar refractivity (Wildman–Crippen MR) is 136 cm³/mol. The van der Waals surface area contributed by atoms with Gasteiger partial charge in [0.15, 0.2) is 5.03 Å². The minimum atomic E-state index is -3.92. The summed E-state index contributed by atoms with van der Waals surface area (Å²) in [7, 11) is -3.92. The van der Waals surface area contributed by atoms with Gasteiger partial charge in [0.25, 0.3) is 0 Å². The fourth-order valence-electron chi connectivity index (χ4n) is 4.15. The van der Waals surface area contributed by atoms with Crippen molar-refractivity contribution in [2.24, 2.45) is 0 Å². The summed E-state index contributed by atoms with van der Waals surface area (Å²) < 4.78 is 59.8. The Morgan fingerprint density at radius 1 is 1.11 bits per heavy atom. The van der Waals surface area contributed by atoms with Gasteiger partial charge in [0.1, 0.15) is 23.1 Å². The van der Waals surface area contributed by atoms with Gasteiger partial charge < -0.3 is 14.6 Å². The molecule has 0 bridgehead atoms. The van der Waals surface area contributed by atoms with Crippen LogP contribution < -0.4 is 0 Å². The minimum Gasteiger partial charge on any atom is -0.444 e. The molecule has 0 spiro atoms. The van der Waals surface area contributed by atoms with Gasteiger partial charge in [-0.1, -0.05) is 35.3 Å². The number of sulfone groups is 1. The number of amides is 1. The Balaban J connectivity index is 1.66. The molecule has 1 atom stereocenters. The van der Waals surface area contributed by atoms with Gasteiger partial charge in [-0.3, -0.25) is 0 Å². The van der Waals surface area contributed by atoms with Crippen LogP contribution in [0.1, 0.15) is 50.1 Å². The van der Waals surface area contributed by atoms with Gasteiger partial charge in [-0.25, -0.2) is 27.0 Å². The number of aromatic amines is 1. The zero-order valence-electron chi connectivity index (χ0n) is 20.3. The van der Waals surface area contributed by atoms with Crippen LogP contribution in [0.3, 0.4) is 0 Å². The number of H-pyrrole nitrogens is 1. The summed E-state index contributed by atoms with van der Waals surface area (Å²) in [5, 5.41) is -1.34. The van der Waals surface area contributed by atoms with Crippen molar-refractivity contribution >= 4 is 39.1 Å². The Morgan fingerprint density at radius 3 is 2.19 bits per heavy atom. The number of nitrogens with one attached hydrogen (secondary N) is 1. The summed E-state index contributed by atoms with van der Waals surface area (Å²) in [6.07, 6.45) is 0.924. The van der Waals surface area contributed by atoms with E-state index in [1.807, 2.05) is 0 Å². The number of rotatable bonds is 5. The second kappa shape index (κ2) is 10.2. The van der Waals surface area contributed by atoms with E-state index in [0.717, 1.165) is 0 Å². The third-order valence-corrected chi connectivity index (χ3v) is 8.56. The Morgan fingerprint density at radius 2 is 1.68 bits per heavy atom. The summed E-state index contributed by atoms with van der Waals surface area (Å²) in [5.74, 6) is -1.78. The van der Waals surface area contributed by atoms with Gasteiger partial charge in [-0.2, -0.15) is 0 Å². The van der Waals surface area contributed by atoms with Gasteiger partial charge in [0, 0.05) is 19.3 Å². The van der Waals surface area contributed by atoms with Crippen molar-refractivity contribution in [3.8, 4) is 0 Å². The third-order valence-electron chi connectivity index (χ3n) is 5.93. The van der Waals surface area contributed by atoms with E-state index in [0.29, 0.717) is 11.1 Å². The van der Waals surface area contributed by atoms with E-state index in [2.05, 4.69) is 9.97 Å². The van der Waals surface area contributed by atoms with Crippen molar-refractivity contribution in [1.82, 2.24) is 14.9 Å². The van der Waals surface area contributed by atoms with E-state index in [4.69, 9.17) is 27.9 Å². The fraction of sp³-hybridized carbons (Fsp3) is 0.360. The van der Waals surface area contributed by atoms with E-state index >= 15 is 0 Å². The normalized spacial score (nSPS) is 16.4. The summed E-state index contributed by atoms with van der Waals surface area (Å²) in [6, 6.07) is 8.11. The Labute approximate surface area is 223 Å². The Bertz CT molecular complexity index is 1390. The highest BCUT2D eigenvalue weighted by Gasteiger charge is 2.39. The number of benzene rings is 2. The van der Waals surface area contributed by atoms with Gasteiger partial charge in [0.2, 0.25) is 9.84 Å². The fourth-order valence-corrected chi connectivity index (χ4v) is 6.11. The van der Waals surface area contributed by atoms with E-state index in [9.17, 15) is 22.0 Å². The van der Waals surface area contributed by atoms with E-state index < -0.39 is 44.3 Å². The van der Waals surface area contributed by atoms with Crippen molar-refractivity contribution in [1.29, 1.82) is 0 Å². The van der Waals surface area contributed by atoms with Crippen LogP contribution in [-0.2, 0) is 14.6 Å². The van der Waals surface area contributed by atoms with Crippen molar-refractivity contribution in [3.05, 3.63) is 81.2 Å². The third kappa shape index (κ3) is 5.91. The Hall–Kier alpha value is -2.69. The molecule has 0 saturated carbocycles. The number of ether oxygens (including phenoxy) is 1. The van der Waals surface area contributed by atoms with Crippen LogP contribution in [0.2, 0.25) is 10.0 Å². The number of likely N-dealkylation sites (tertiary alicyclic amines) is 1. The van der Waals surface area contributed by atoms with Crippen LogP contribution >= 0.6 is 23.2 Å². The summed E-state index contributed by atoms with van der Waals surface area (Å²) >= 11 is 12.0. The van der Waals surface area contributed by atoms with Crippen LogP contribution in [0.4, 0.5) is 13.6 Å². The van der Waals surface area contributed by atoms with Crippen molar-refractivity contribution in [2.75, 3.05) is 13.1 Å². The molecule has 1 saturated heterocycles. The molecule has 4 rings (SSSR count). The average Bonchev–Trinajstić information content (AvgIpc) is 3.49. The van der Waals surface area contributed by atoms with Crippen molar-refractivity contribution < 1.29 is 26.7 Å². The molecule has 0 radical (unpaired) electrons. The van der Waals surface area contributed by atoms with Gasteiger partial charge >= 0.3 is 6.09 Å². The smallest absolute Gasteiger partial charge is 0.410 e. The molecule has 1 aliphatic rings. The summed E-state index contributed by atoms with van der Waals surface area (Å²) in [4.78, 5) is 21.0. The van der Waals surface area contributed by atoms with Crippen LogP contribution in [-0.4, -0.2) is 53.3 Å².